The first kappa shape index (κ1) is 20.0. The van der Waals surface area contributed by atoms with Gasteiger partial charge in [0.1, 0.15) is 22.8 Å². The molecule has 0 unspecified atom stereocenters. The Balaban J connectivity index is 2.05. The molecule has 0 aliphatic rings. The summed E-state index contributed by atoms with van der Waals surface area (Å²) in [5.41, 5.74) is 0.887. The van der Waals surface area contributed by atoms with Crippen molar-refractivity contribution in [2.45, 2.75) is 18.7 Å². The van der Waals surface area contributed by atoms with Gasteiger partial charge in [0.25, 0.3) is 5.91 Å². The molecule has 0 aliphatic heterocycles. The molecule has 0 bridgehead atoms. The molecule has 0 radical (unpaired) electrons. The van der Waals surface area contributed by atoms with Gasteiger partial charge in [-0.15, -0.1) is 0 Å². The number of sulfone groups is 1. The van der Waals surface area contributed by atoms with Gasteiger partial charge in [-0.25, -0.2) is 12.8 Å². The number of carbonyl (C=O) groups is 1. The maximum Gasteiger partial charge on any atom is 0.261 e. The van der Waals surface area contributed by atoms with Gasteiger partial charge in [-0.3, -0.25) is 4.79 Å². The second kappa shape index (κ2) is 7.37. The zero-order valence-corrected chi connectivity index (χ0v) is 16.8. The summed E-state index contributed by atoms with van der Waals surface area (Å²) in [5.74, 6) is -1.10. The Hall–Kier alpha value is -2.71. The van der Waals surface area contributed by atoms with Crippen molar-refractivity contribution < 1.29 is 22.1 Å². The third-order valence-corrected chi connectivity index (χ3v) is 5.60. The van der Waals surface area contributed by atoms with Crippen LogP contribution in [0.5, 0.6) is 0 Å². The number of halogens is 2. The van der Waals surface area contributed by atoms with Crippen molar-refractivity contribution in [1.82, 2.24) is 5.16 Å². The fourth-order valence-corrected chi connectivity index (χ4v) is 3.59. The Kier molecular flexibility index (Phi) is 5.27. The zero-order valence-electron chi connectivity index (χ0n) is 15.2. The summed E-state index contributed by atoms with van der Waals surface area (Å²) < 4.78 is 43.0. The van der Waals surface area contributed by atoms with Gasteiger partial charge in [0.05, 0.1) is 15.5 Å². The lowest BCUT2D eigenvalue weighted by Gasteiger charge is -2.11. The minimum absolute atomic E-state index is 0.0103. The SMILES string of the molecule is Cc1ccc(S(C)(=O)=O)cc1NC(=O)c1c(-c2c(F)cccc2Cl)noc1C. The van der Waals surface area contributed by atoms with Crippen LogP contribution < -0.4 is 5.32 Å². The minimum atomic E-state index is -3.45. The molecule has 0 atom stereocenters. The van der Waals surface area contributed by atoms with Crippen LogP contribution in [-0.4, -0.2) is 25.7 Å². The van der Waals surface area contributed by atoms with Crippen LogP contribution in [0.1, 0.15) is 21.7 Å². The van der Waals surface area contributed by atoms with Crippen LogP contribution in [0.3, 0.4) is 0 Å². The van der Waals surface area contributed by atoms with E-state index in [0.717, 1.165) is 6.26 Å². The van der Waals surface area contributed by atoms with Gasteiger partial charge in [0, 0.05) is 11.9 Å². The molecule has 1 amide bonds. The Labute approximate surface area is 166 Å². The number of aromatic nitrogens is 1. The third-order valence-electron chi connectivity index (χ3n) is 4.17. The molecule has 0 saturated carbocycles. The van der Waals surface area contributed by atoms with Crippen molar-refractivity contribution in [1.29, 1.82) is 0 Å². The quantitative estimate of drug-likeness (QED) is 0.672. The Morgan fingerprint density at radius 3 is 2.57 bits per heavy atom. The Morgan fingerprint density at radius 1 is 1.21 bits per heavy atom. The number of anilines is 1. The summed E-state index contributed by atoms with van der Waals surface area (Å²) in [6, 6.07) is 8.52. The monoisotopic (exact) mass is 422 g/mol. The molecule has 0 fully saturated rings. The predicted molar refractivity (Wildman–Crippen MR) is 104 cm³/mol. The first-order chi connectivity index (χ1) is 13.1. The van der Waals surface area contributed by atoms with Crippen molar-refractivity contribution >= 4 is 33.0 Å². The first-order valence-corrected chi connectivity index (χ1v) is 10.4. The second-order valence-electron chi connectivity index (χ2n) is 6.26. The van der Waals surface area contributed by atoms with Crippen LogP contribution >= 0.6 is 11.6 Å². The van der Waals surface area contributed by atoms with Gasteiger partial charge >= 0.3 is 0 Å². The van der Waals surface area contributed by atoms with Gasteiger partial charge in [0.2, 0.25) is 0 Å². The highest BCUT2D eigenvalue weighted by Crippen LogP contribution is 2.34. The molecular weight excluding hydrogens is 407 g/mol. The van der Waals surface area contributed by atoms with Crippen molar-refractivity contribution in [3.05, 3.63) is 64.1 Å². The molecule has 1 heterocycles. The van der Waals surface area contributed by atoms with Gasteiger partial charge in [0.15, 0.2) is 9.84 Å². The van der Waals surface area contributed by atoms with E-state index in [1.54, 1.807) is 13.0 Å². The molecule has 6 nitrogen and oxygen atoms in total. The molecule has 0 aliphatic carbocycles. The van der Waals surface area contributed by atoms with Crippen LogP contribution in [-0.2, 0) is 9.84 Å². The normalized spacial score (nSPS) is 11.5. The number of amides is 1. The van der Waals surface area contributed by atoms with Gasteiger partial charge in [-0.1, -0.05) is 28.9 Å². The molecule has 0 spiro atoms. The summed E-state index contributed by atoms with van der Waals surface area (Å²) in [6.07, 6.45) is 1.08. The van der Waals surface area contributed by atoms with E-state index in [2.05, 4.69) is 10.5 Å². The Bertz CT molecular complexity index is 1170. The van der Waals surface area contributed by atoms with E-state index >= 15 is 0 Å². The zero-order chi connectivity index (χ0) is 20.6. The first-order valence-electron chi connectivity index (χ1n) is 8.12. The highest BCUT2D eigenvalue weighted by molar-refractivity contribution is 7.90. The minimum Gasteiger partial charge on any atom is -0.360 e. The van der Waals surface area contributed by atoms with Crippen LogP contribution in [0.2, 0.25) is 5.02 Å². The average Bonchev–Trinajstić information content (AvgIpc) is 2.97. The molecule has 146 valence electrons. The fraction of sp³-hybridized carbons (Fsp3) is 0.158. The summed E-state index contributed by atoms with van der Waals surface area (Å²) in [4.78, 5) is 13.0. The lowest BCUT2D eigenvalue weighted by atomic mass is 10.0. The number of hydrogen-bond acceptors (Lipinski definition) is 5. The highest BCUT2D eigenvalue weighted by Gasteiger charge is 2.26. The van der Waals surface area contributed by atoms with E-state index in [-0.39, 0.29) is 32.5 Å². The maximum atomic E-state index is 14.3. The Morgan fingerprint density at radius 2 is 1.93 bits per heavy atom. The van der Waals surface area contributed by atoms with E-state index in [1.807, 2.05) is 0 Å². The average molecular weight is 423 g/mol. The largest absolute Gasteiger partial charge is 0.360 e. The van der Waals surface area contributed by atoms with E-state index in [9.17, 15) is 17.6 Å². The lowest BCUT2D eigenvalue weighted by molar-refractivity contribution is 0.102. The standard InChI is InChI=1S/C19H16ClFN2O4S/c1-10-7-8-12(28(3,25)26)9-15(10)22-19(24)16-11(2)27-23-18(16)17-13(20)5-4-6-14(17)21/h4-9H,1-3H3,(H,22,24). The molecule has 9 heteroatoms. The number of benzene rings is 2. The van der Waals surface area contributed by atoms with Gasteiger partial charge < -0.3 is 9.84 Å². The van der Waals surface area contributed by atoms with E-state index in [4.69, 9.17) is 16.1 Å². The van der Waals surface area contributed by atoms with Crippen molar-refractivity contribution in [3.8, 4) is 11.3 Å². The van der Waals surface area contributed by atoms with Crippen LogP contribution in [0.25, 0.3) is 11.3 Å². The summed E-state index contributed by atoms with van der Waals surface area (Å²) in [5, 5.41) is 6.52. The molecule has 3 rings (SSSR count). The number of rotatable bonds is 4. The molecular formula is C19H16ClFN2O4S. The van der Waals surface area contributed by atoms with Crippen LogP contribution in [0.4, 0.5) is 10.1 Å². The van der Waals surface area contributed by atoms with E-state index in [0.29, 0.717) is 11.3 Å². The third kappa shape index (κ3) is 3.79. The lowest BCUT2D eigenvalue weighted by Crippen LogP contribution is -2.15. The van der Waals surface area contributed by atoms with Gasteiger partial charge in [-0.05, 0) is 43.7 Å². The van der Waals surface area contributed by atoms with E-state index < -0.39 is 21.6 Å². The van der Waals surface area contributed by atoms with Crippen LogP contribution in [0.15, 0.2) is 45.8 Å². The smallest absolute Gasteiger partial charge is 0.261 e. The van der Waals surface area contributed by atoms with E-state index in [1.165, 1.54) is 37.3 Å². The number of nitrogens with zero attached hydrogens (tertiary/aromatic N) is 1. The fourth-order valence-electron chi connectivity index (χ4n) is 2.69. The van der Waals surface area contributed by atoms with Crippen molar-refractivity contribution in [3.63, 3.8) is 0 Å². The number of aryl methyl sites for hydroxylation is 2. The molecule has 3 aromatic rings. The summed E-state index contributed by atoms with van der Waals surface area (Å²) >= 11 is 6.09. The molecule has 0 saturated heterocycles. The summed E-state index contributed by atoms with van der Waals surface area (Å²) in [7, 11) is -3.45. The number of hydrogen-bond donors (Lipinski definition) is 1. The topological polar surface area (TPSA) is 89.3 Å². The van der Waals surface area contributed by atoms with Gasteiger partial charge in [-0.2, -0.15) is 0 Å². The number of carbonyl (C=O) groups excluding carboxylic acids is 1. The predicted octanol–water partition coefficient (Wildman–Crippen LogP) is 4.41. The van der Waals surface area contributed by atoms with Crippen LogP contribution in [0, 0.1) is 19.7 Å². The maximum absolute atomic E-state index is 14.3. The van der Waals surface area contributed by atoms with Crippen molar-refractivity contribution in [2.24, 2.45) is 0 Å². The molecule has 1 N–H and O–H groups in total. The second-order valence-corrected chi connectivity index (χ2v) is 8.68. The highest BCUT2D eigenvalue weighted by atomic mass is 35.5. The number of nitrogens with one attached hydrogen (secondary N) is 1. The molecule has 2 aromatic carbocycles. The summed E-state index contributed by atoms with van der Waals surface area (Å²) in [6.45, 7) is 3.23. The molecule has 1 aromatic heterocycles. The molecule has 28 heavy (non-hydrogen) atoms. The van der Waals surface area contributed by atoms with Crippen molar-refractivity contribution in [2.75, 3.05) is 11.6 Å².